The van der Waals surface area contributed by atoms with Gasteiger partial charge >= 0.3 is 0 Å². The van der Waals surface area contributed by atoms with Crippen molar-refractivity contribution in [3.05, 3.63) is 59.3 Å². The predicted octanol–water partition coefficient (Wildman–Crippen LogP) is 3.21. The summed E-state index contributed by atoms with van der Waals surface area (Å²) in [7, 11) is 1.42. The number of furan rings is 1. The van der Waals surface area contributed by atoms with Crippen molar-refractivity contribution in [3.63, 3.8) is 0 Å². The molecule has 0 saturated heterocycles. The van der Waals surface area contributed by atoms with Crippen molar-refractivity contribution >= 4 is 12.0 Å². The zero-order valence-corrected chi connectivity index (χ0v) is 12.7. The molecule has 0 saturated carbocycles. The Balaban J connectivity index is 2.21. The van der Waals surface area contributed by atoms with E-state index in [1.54, 1.807) is 31.2 Å². The van der Waals surface area contributed by atoms with Crippen LogP contribution in [0.3, 0.4) is 0 Å². The molecule has 0 fully saturated rings. The fraction of sp³-hybridized carbons (Fsp3) is 0.176. The number of amides is 1. The molecular formula is C17H15FN2O3. The number of benzene rings is 1. The van der Waals surface area contributed by atoms with Gasteiger partial charge in [0, 0.05) is 6.08 Å². The molecule has 2 rings (SSSR count). The van der Waals surface area contributed by atoms with Gasteiger partial charge in [0.2, 0.25) is 0 Å². The minimum Gasteiger partial charge on any atom is -0.496 e. The number of nitrogens with one attached hydrogen (secondary N) is 1. The van der Waals surface area contributed by atoms with Gasteiger partial charge in [0.15, 0.2) is 0 Å². The molecule has 118 valence electrons. The summed E-state index contributed by atoms with van der Waals surface area (Å²) in [6, 6.07) is 8.80. The van der Waals surface area contributed by atoms with Crippen LogP contribution in [-0.4, -0.2) is 13.0 Å². The van der Waals surface area contributed by atoms with Gasteiger partial charge in [0.05, 0.1) is 25.0 Å². The molecule has 0 radical (unpaired) electrons. The molecule has 1 N–H and O–H groups in total. The van der Waals surface area contributed by atoms with Crippen LogP contribution in [0, 0.1) is 17.1 Å². The number of halogens is 1. The Morgan fingerprint density at radius 3 is 2.83 bits per heavy atom. The highest BCUT2D eigenvalue weighted by atomic mass is 19.1. The molecule has 2 aromatic rings. The Morgan fingerprint density at radius 2 is 2.22 bits per heavy atom. The normalized spacial score (nSPS) is 12.3. The number of nitriles is 1. The second-order valence-corrected chi connectivity index (χ2v) is 4.74. The van der Waals surface area contributed by atoms with Crippen LogP contribution >= 0.6 is 0 Å². The highest BCUT2D eigenvalue weighted by Gasteiger charge is 2.20. The van der Waals surface area contributed by atoms with Crippen molar-refractivity contribution in [2.24, 2.45) is 0 Å². The summed E-state index contributed by atoms with van der Waals surface area (Å²) < 4.78 is 24.2. The first-order chi connectivity index (χ1) is 11.1. The summed E-state index contributed by atoms with van der Waals surface area (Å²) in [5.74, 6) is -0.411. The van der Waals surface area contributed by atoms with Gasteiger partial charge in [-0.15, -0.1) is 0 Å². The first-order valence-corrected chi connectivity index (χ1v) is 6.85. The quantitative estimate of drug-likeness (QED) is 0.679. The summed E-state index contributed by atoms with van der Waals surface area (Å²) in [6.45, 7) is 1.61. The number of hydrogen-bond acceptors (Lipinski definition) is 4. The van der Waals surface area contributed by atoms with Gasteiger partial charge in [0.1, 0.15) is 29.0 Å². The molecule has 1 amide bonds. The number of ether oxygens (including phenoxy) is 1. The van der Waals surface area contributed by atoms with Gasteiger partial charge < -0.3 is 14.5 Å². The third-order valence-electron chi connectivity index (χ3n) is 3.21. The first-order valence-electron chi connectivity index (χ1n) is 6.85. The minimum absolute atomic E-state index is 0.137. The maximum atomic E-state index is 14.0. The van der Waals surface area contributed by atoms with Crippen LogP contribution in [0.1, 0.15) is 24.3 Å². The maximum absolute atomic E-state index is 14.0. The Morgan fingerprint density at radius 1 is 1.43 bits per heavy atom. The average molecular weight is 314 g/mol. The zero-order valence-electron chi connectivity index (χ0n) is 12.7. The fourth-order valence-electron chi connectivity index (χ4n) is 2.13. The van der Waals surface area contributed by atoms with Crippen LogP contribution in [0.4, 0.5) is 4.39 Å². The van der Waals surface area contributed by atoms with Gasteiger partial charge in [-0.2, -0.15) is 5.26 Å². The highest BCUT2D eigenvalue weighted by Crippen LogP contribution is 2.27. The van der Waals surface area contributed by atoms with Crippen LogP contribution in [0.2, 0.25) is 0 Å². The van der Waals surface area contributed by atoms with Gasteiger partial charge in [-0.1, -0.05) is 6.07 Å². The lowest BCUT2D eigenvalue weighted by Gasteiger charge is -2.17. The fourth-order valence-corrected chi connectivity index (χ4v) is 2.13. The van der Waals surface area contributed by atoms with E-state index in [0.717, 1.165) is 0 Å². The Kier molecular flexibility index (Phi) is 5.15. The van der Waals surface area contributed by atoms with Crippen LogP contribution < -0.4 is 10.1 Å². The van der Waals surface area contributed by atoms with Crippen LogP contribution in [0.15, 0.2) is 46.6 Å². The second kappa shape index (κ2) is 7.27. The van der Waals surface area contributed by atoms with E-state index in [-0.39, 0.29) is 11.1 Å². The number of carbonyl (C=O) groups is 1. The van der Waals surface area contributed by atoms with Crippen LogP contribution in [0.5, 0.6) is 5.75 Å². The number of carbonyl (C=O) groups excluding carboxylic acids is 1. The van der Waals surface area contributed by atoms with E-state index in [9.17, 15) is 9.18 Å². The molecule has 0 spiro atoms. The molecule has 6 heteroatoms. The largest absolute Gasteiger partial charge is 0.496 e. The Bertz CT molecular complexity index is 761. The van der Waals surface area contributed by atoms with Crippen molar-refractivity contribution in [2.75, 3.05) is 7.11 Å². The highest BCUT2D eigenvalue weighted by molar-refractivity contribution is 6.01. The molecule has 0 aliphatic heterocycles. The monoisotopic (exact) mass is 314 g/mol. The predicted molar refractivity (Wildman–Crippen MR) is 81.8 cm³/mol. The lowest BCUT2D eigenvalue weighted by molar-refractivity contribution is -0.117. The number of rotatable bonds is 5. The average Bonchev–Trinajstić information content (AvgIpc) is 3.04. The van der Waals surface area contributed by atoms with E-state index in [0.29, 0.717) is 11.5 Å². The molecule has 1 aromatic heterocycles. The third-order valence-corrected chi connectivity index (χ3v) is 3.21. The minimum atomic E-state index is -0.674. The molecule has 23 heavy (non-hydrogen) atoms. The lowest BCUT2D eigenvalue weighted by Crippen LogP contribution is -2.28. The number of nitrogens with zero attached hydrogens (tertiary/aromatic N) is 1. The molecular weight excluding hydrogens is 299 g/mol. The third kappa shape index (κ3) is 3.77. The van der Waals surface area contributed by atoms with Crippen molar-refractivity contribution in [3.8, 4) is 11.8 Å². The first kappa shape index (κ1) is 16.3. The van der Waals surface area contributed by atoms with Crippen molar-refractivity contribution < 1.29 is 18.3 Å². The maximum Gasteiger partial charge on any atom is 0.262 e. The van der Waals surface area contributed by atoms with E-state index < -0.39 is 17.8 Å². The summed E-state index contributed by atoms with van der Waals surface area (Å²) in [5, 5.41) is 11.7. The zero-order chi connectivity index (χ0) is 16.8. The van der Waals surface area contributed by atoms with Crippen molar-refractivity contribution in [2.45, 2.75) is 13.0 Å². The van der Waals surface area contributed by atoms with Crippen molar-refractivity contribution in [1.29, 1.82) is 5.26 Å². The van der Waals surface area contributed by atoms with E-state index in [4.69, 9.17) is 14.4 Å². The summed E-state index contributed by atoms with van der Waals surface area (Å²) >= 11 is 0. The lowest BCUT2D eigenvalue weighted by atomic mass is 10.1. The molecule has 0 aliphatic rings. The Hall–Kier alpha value is -3.07. The summed E-state index contributed by atoms with van der Waals surface area (Å²) in [4.78, 5) is 12.2. The molecule has 5 nitrogen and oxygen atoms in total. The van der Waals surface area contributed by atoms with E-state index in [1.807, 2.05) is 0 Å². The SMILES string of the molecule is COc1cccc(F)c1C(C)NC(=O)C(C#N)=Cc1ccco1. The van der Waals surface area contributed by atoms with E-state index >= 15 is 0 Å². The molecule has 0 aliphatic carbocycles. The number of hydrogen-bond donors (Lipinski definition) is 1. The Labute approximate surface area is 133 Å². The molecule has 1 heterocycles. The van der Waals surface area contributed by atoms with E-state index in [2.05, 4.69) is 5.32 Å². The molecule has 0 bridgehead atoms. The molecule has 1 atom stereocenters. The standard InChI is InChI=1S/C17H15FN2O3/c1-11(16-14(18)6-3-7-15(16)22-2)20-17(21)12(10-19)9-13-5-4-8-23-13/h3-9,11H,1-2H3,(H,20,21). The van der Waals surface area contributed by atoms with E-state index in [1.165, 1.54) is 31.6 Å². The second-order valence-electron chi connectivity index (χ2n) is 4.74. The van der Waals surface area contributed by atoms with Gasteiger partial charge in [-0.3, -0.25) is 4.79 Å². The molecule has 1 unspecified atom stereocenters. The van der Waals surface area contributed by atoms with Crippen LogP contribution in [0.25, 0.3) is 6.08 Å². The van der Waals surface area contributed by atoms with Crippen molar-refractivity contribution in [1.82, 2.24) is 5.32 Å². The van der Waals surface area contributed by atoms with Gasteiger partial charge in [-0.05, 0) is 31.2 Å². The van der Waals surface area contributed by atoms with Gasteiger partial charge in [0.25, 0.3) is 5.91 Å². The molecule has 1 aromatic carbocycles. The van der Waals surface area contributed by atoms with Gasteiger partial charge in [-0.25, -0.2) is 4.39 Å². The van der Waals surface area contributed by atoms with Crippen LogP contribution in [-0.2, 0) is 4.79 Å². The smallest absolute Gasteiger partial charge is 0.262 e. The summed E-state index contributed by atoms with van der Waals surface area (Å²) in [5.41, 5.74) is 0.0840. The topological polar surface area (TPSA) is 75.3 Å². The number of methoxy groups -OCH3 is 1. The summed E-state index contributed by atoms with van der Waals surface area (Å²) in [6.07, 6.45) is 2.76.